The summed E-state index contributed by atoms with van der Waals surface area (Å²) in [5.74, 6) is 0.219. The van der Waals surface area contributed by atoms with E-state index in [0.717, 1.165) is 5.56 Å². The van der Waals surface area contributed by atoms with Crippen LogP contribution in [0.1, 0.15) is 15.9 Å². The Kier molecular flexibility index (Phi) is 4.12. The highest BCUT2D eigenvalue weighted by Crippen LogP contribution is 2.31. The van der Waals surface area contributed by atoms with Crippen molar-refractivity contribution in [2.75, 3.05) is 12.4 Å². The van der Waals surface area contributed by atoms with Gasteiger partial charge < -0.3 is 10.1 Å². The molecule has 0 spiro atoms. The van der Waals surface area contributed by atoms with E-state index in [1.54, 1.807) is 36.7 Å². The quantitative estimate of drug-likeness (QED) is 0.793. The first-order valence-corrected chi connectivity index (χ1v) is 7.33. The van der Waals surface area contributed by atoms with Crippen LogP contribution in [-0.2, 0) is 0 Å². The average Bonchev–Trinajstić information content (AvgIpc) is 2.57. The fourth-order valence-electron chi connectivity index (χ4n) is 2.30. The molecule has 0 atom stereocenters. The second-order valence-electron chi connectivity index (χ2n) is 4.99. The summed E-state index contributed by atoms with van der Waals surface area (Å²) in [6.45, 7) is 1.86. The highest BCUT2D eigenvalue weighted by Gasteiger charge is 2.15. The van der Waals surface area contributed by atoms with Gasteiger partial charge in [0, 0.05) is 23.5 Å². The molecule has 0 unspecified atom stereocenters. The number of aryl methyl sites for hydroxylation is 1. The van der Waals surface area contributed by atoms with Gasteiger partial charge in [0.25, 0.3) is 5.91 Å². The number of halogens is 1. The van der Waals surface area contributed by atoms with E-state index in [4.69, 9.17) is 16.3 Å². The van der Waals surface area contributed by atoms with Crippen LogP contribution in [0.4, 0.5) is 5.69 Å². The molecule has 0 bridgehead atoms. The van der Waals surface area contributed by atoms with E-state index in [1.165, 1.54) is 7.11 Å². The summed E-state index contributed by atoms with van der Waals surface area (Å²) in [5.41, 5.74) is 3.07. The first-order valence-electron chi connectivity index (χ1n) is 6.95. The van der Waals surface area contributed by atoms with Crippen LogP contribution in [0.2, 0.25) is 5.02 Å². The van der Waals surface area contributed by atoms with Gasteiger partial charge in [0.2, 0.25) is 0 Å². The summed E-state index contributed by atoms with van der Waals surface area (Å²) in [7, 11) is 1.53. The van der Waals surface area contributed by atoms with Crippen molar-refractivity contribution in [1.29, 1.82) is 0 Å². The lowest BCUT2D eigenvalue weighted by atomic mass is 10.1. The van der Waals surface area contributed by atoms with E-state index in [0.29, 0.717) is 33.1 Å². The smallest absolute Gasteiger partial charge is 0.258 e. The monoisotopic (exact) mass is 327 g/mol. The average molecular weight is 328 g/mol. The van der Waals surface area contributed by atoms with Crippen LogP contribution in [-0.4, -0.2) is 23.0 Å². The number of ether oxygens (including phenoxy) is 1. The van der Waals surface area contributed by atoms with Crippen molar-refractivity contribution < 1.29 is 9.53 Å². The molecule has 1 N–H and O–H groups in total. The zero-order chi connectivity index (χ0) is 16.4. The minimum atomic E-state index is -0.281. The third kappa shape index (κ3) is 2.96. The number of carbonyl (C=O) groups excluding carboxylic acids is 1. The lowest BCUT2D eigenvalue weighted by molar-refractivity contribution is 0.102. The number of nitrogens with one attached hydrogen (secondary N) is 1. The summed E-state index contributed by atoms with van der Waals surface area (Å²) in [4.78, 5) is 21.1. The molecule has 1 aromatic heterocycles. The highest BCUT2D eigenvalue weighted by atomic mass is 35.5. The van der Waals surface area contributed by atoms with Crippen LogP contribution in [0.3, 0.4) is 0 Å². The number of aromatic nitrogens is 2. The molecule has 3 aromatic rings. The van der Waals surface area contributed by atoms with Gasteiger partial charge in [0.1, 0.15) is 11.3 Å². The van der Waals surface area contributed by atoms with Gasteiger partial charge in [-0.25, -0.2) is 0 Å². The second kappa shape index (κ2) is 6.22. The summed E-state index contributed by atoms with van der Waals surface area (Å²) < 4.78 is 5.28. The number of hydrogen-bond acceptors (Lipinski definition) is 4. The molecule has 1 amide bonds. The van der Waals surface area contributed by atoms with Gasteiger partial charge in [0.05, 0.1) is 23.9 Å². The minimum Gasteiger partial charge on any atom is -0.495 e. The maximum atomic E-state index is 12.6. The lowest BCUT2D eigenvalue weighted by Gasteiger charge is -2.12. The van der Waals surface area contributed by atoms with E-state index < -0.39 is 0 Å². The Morgan fingerprint density at radius 2 is 2.00 bits per heavy atom. The van der Waals surface area contributed by atoms with E-state index in [1.807, 2.05) is 13.0 Å². The molecule has 5 nitrogen and oxygen atoms in total. The van der Waals surface area contributed by atoms with Gasteiger partial charge in [-0.3, -0.25) is 14.8 Å². The molecule has 0 aliphatic heterocycles. The van der Waals surface area contributed by atoms with Gasteiger partial charge in [-0.1, -0.05) is 17.7 Å². The molecule has 3 rings (SSSR count). The number of methoxy groups -OCH3 is 1. The fourth-order valence-corrected chi connectivity index (χ4v) is 2.45. The molecule has 0 saturated carbocycles. The standard InChI is InChI=1S/C17H14ClN3O2/c1-10-8-14(15(23-2)9-12(10)18)21-17(22)11-4-3-5-13-16(11)20-7-6-19-13/h3-9H,1-2H3,(H,21,22). The SMILES string of the molecule is COc1cc(Cl)c(C)cc1NC(=O)c1cccc2nccnc12. The predicted molar refractivity (Wildman–Crippen MR) is 90.2 cm³/mol. The molecule has 0 radical (unpaired) electrons. The predicted octanol–water partition coefficient (Wildman–Crippen LogP) is 3.85. The van der Waals surface area contributed by atoms with Crippen molar-refractivity contribution in [1.82, 2.24) is 9.97 Å². The summed E-state index contributed by atoms with van der Waals surface area (Å²) in [5, 5.41) is 3.43. The lowest BCUT2D eigenvalue weighted by Crippen LogP contribution is -2.14. The first-order chi connectivity index (χ1) is 11.1. The van der Waals surface area contributed by atoms with E-state index in [9.17, 15) is 4.79 Å². The Morgan fingerprint density at radius 1 is 1.22 bits per heavy atom. The maximum absolute atomic E-state index is 12.6. The number of rotatable bonds is 3. The Morgan fingerprint density at radius 3 is 2.78 bits per heavy atom. The van der Waals surface area contributed by atoms with Gasteiger partial charge in [-0.15, -0.1) is 0 Å². The van der Waals surface area contributed by atoms with Crippen molar-refractivity contribution in [3.05, 3.63) is 58.9 Å². The third-order valence-electron chi connectivity index (χ3n) is 3.47. The fraction of sp³-hybridized carbons (Fsp3) is 0.118. The molecule has 116 valence electrons. The zero-order valence-electron chi connectivity index (χ0n) is 12.6. The Bertz CT molecular complexity index is 891. The zero-order valence-corrected chi connectivity index (χ0v) is 13.4. The Hall–Kier alpha value is -2.66. The normalized spacial score (nSPS) is 10.6. The van der Waals surface area contributed by atoms with Crippen LogP contribution in [0, 0.1) is 6.92 Å². The number of amides is 1. The van der Waals surface area contributed by atoms with Crippen molar-refractivity contribution in [3.8, 4) is 5.75 Å². The molecule has 1 heterocycles. The maximum Gasteiger partial charge on any atom is 0.258 e. The number of fused-ring (bicyclic) bond motifs is 1. The molecule has 0 saturated heterocycles. The topological polar surface area (TPSA) is 64.1 Å². The first kappa shape index (κ1) is 15.2. The molecular formula is C17H14ClN3O2. The van der Waals surface area contributed by atoms with Crippen molar-refractivity contribution in [3.63, 3.8) is 0 Å². The summed E-state index contributed by atoms with van der Waals surface area (Å²) in [6.07, 6.45) is 3.15. The Balaban J connectivity index is 2.00. The van der Waals surface area contributed by atoms with Crippen molar-refractivity contribution in [2.24, 2.45) is 0 Å². The van der Waals surface area contributed by atoms with Crippen LogP contribution < -0.4 is 10.1 Å². The van der Waals surface area contributed by atoms with Crippen molar-refractivity contribution in [2.45, 2.75) is 6.92 Å². The van der Waals surface area contributed by atoms with E-state index >= 15 is 0 Å². The van der Waals surface area contributed by atoms with Gasteiger partial charge >= 0.3 is 0 Å². The molecule has 0 fully saturated rings. The van der Waals surface area contributed by atoms with E-state index in [-0.39, 0.29) is 5.91 Å². The van der Waals surface area contributed by atoms with Crippen molar-refractivity contribution >= 4 is 34.2 Å². The van der Waals surface area contributed by atoms with Gasteiger partial charge in [-0.05, 0) is 30.7 Å². The number of nitrogens with zero attached hydrogens (tertiary/aromatic N) is 2. The summed E-state index contributed by atoms with van der Waals surface area (Å²) in [6, 6.07) is 8.75. The third-order valence-corrected chi connectivity index (χ3v) is 3.88. The molecule has 0 aliphatic rings. The molecule has 23 heavy (non-hydrogen) atoms. The molecular weight excluding hydrogens is 314 g/mol. The van der Waals surface area contributed by atoms with Crippen LogP contribution in [0.25, 0.3) is 11.0 Å². The second-order valence-corrected chi connectivity index (χ2v) is 5.39. The number of benzene rings is 2. The largest absolute Gasteiger partial charge is 0.495 e. The molecule has 2 aromatic carbocycles. The van der Waals surface area contributed by atoms with Crippen LogP contribution >= 0.6 is 11.6 Å². The van der Waals surface area contributed by atoms with Gasteiger partial charge in [-0.2, -0.15) is 0 Å². The highest BCUT2D eigenvalue weighted by molar-refractivity contribution is 6.31. The minimum absolute atomic E-state index is 0.281. The van der Waals surface area contributed by atoms with Gasteiger partial charge in [0.15, 0.2) is 0 Å². The Labute approximate surface area is 138 Å². The summed E-state index contributed by atoms with van der Waals surface area (Å²) >= 11 is 6.09. The number of carbonyl (C=O) groups is 1. The molecule has 0 aliphatic carbocycles. The van der Waals surface area contributed by atoms with Crippen LogP contribution in [0.15, 0.2) is 42.7 Å². The van der Waals surface area contributed by atoms with E-state index in [2.05, 4.69) is 15.3 Å². The number of anilines is 1. The number of hydrogen-bond donors (Lipinski definition) is 1. The van der Waals surface area contributed by atoms with Crippen LogP contribution in [0.5, 0.6) is 5.75 Å². The molecule has 6 heteroatoms. The number of para-hydroxylation sites is 1.